The summed E-state index contributed by atoms with van der Waals surface area (Å²) < 4.78 is 40.2. The highest BCUT2D eigenvalue weighted by Gasteiger charge is 2.18. The van der Waals surface area contributed by atoms with Crippen LogP contribution in [0.2, 0.25) is 0 Å². The van der Waals surface area contributed by atoms with E-state index >= 15 is 0 Å². The number of halogens is 1. The van der Waals surface area contributed by atoms with Crippen molar-refractivity contribution in [3.8, 4) is 0 Å². The average Bonchev–Trinajstić information content (AvgIpc) is 2.88. The Morgan fingerprint density at radius 3 is 2.60 bits per heavy atom. The summed E-state index contributed by atoms with van der Waals surface area (Å²) in [5.74, 6) is -0.569. The molecule has 0 aromatic heterocycles. The molecule has 3 N–H and O–H groups in total. The minimum Gasteiger partial charge on any atom is -0.396 e. The van der Waals surface area contributed by atoms with Crippen LogP contribution in [0.25, 0.3) is 0 Å². The Morgan fingerprint density at radius 2 is 2.00 bits per heavy atom. The molecule has 1 aromatic carbocycles. The van der Waals surface area contributed by atoms with E-state index in [9.17, 15) is 12.8 Å². The van der Waals surface area contributed by atoms with Crippen molar-refractivity contribution >= 4 is 15.7 Å². The second kappa shape index (κ2) is 6.07. The highest BCUT2D eigenvalue weighted by atomic mass is 32.2. The number of nitrogens with two attached hydrogens (primary N) is 1. The molecule has 0 spiro atoms. The molecule has 2 rings (SSSR count). The van der Waals surface area contributed by atoms with Crippen molar-refractivity contribution in [3.63, 3.8) is 0 Å². The van der Waals surface area contributed by atoms with Crippen molar-refractivity contribution in [2.45, 2.75) is 24.7 Å². The maximum atomic E-state index is 13.4. The number of nitrogens with zero attached hydrogens (tertiary/aromatic N) is 1. The Hall–Kier alpha value is -1.18. The Balaban J connectivity index is 2.02. The molecule has 20 heavy (non-hydrogen) atoms. The summed E-state index contributed by atoms with van der Waals surface area (Å²) >= 11 is 0. The number of nitrogens with one attached hydrogen (secondary N) is 1. The molecular formula is C13H20FN3O2S. The summed E-state index contributed by atoms with van der Waals surface area (Å²) in [4.78, 5) is 2.22. The Bertz CT molecular complexity index is 560. The van der Waals surface area contributed by atoms with E-state index in [0.717, 1.165) is 19.2 Å². The smallest absolute Gasteiger partial charge is 0.240 e. The number of likely N-dealkylation sites (tertiary alicyclic amines) is 1. The lowest BCUT2D eigenvalue weighted by molar-refractivity contribution is 0.344. The first-order valence-electron chi connectivity index (χ1n) is 6.68. The van der Waals surface area contributed by atoms with E-state index in [1.807, 2.05) is 0 Å². The maximum Gasteiger partial charge on any atom is 0.240 e. The van der Waals surface area contributed by atoms with Crippen LogP contribution in [0.4, 0.5) is 10.1 Å². The number of nitrogen functional groups attached to an aromatic ring is 1. The van der Waals surface area contributed by atoms with E-state index in [4.69, 9.17) is 5.73 Å². The summed E-state index contributed by atoms with van der Waals surface area (Å²) in [6, 6.07) is 2.45. The van der Waals surface area contributed by atoms with Crippen LogP contribution in [0.5, 0.6) is 0 Å². The van der Waals surface area contributed by atoms with Gasteiger partial charge in [0.25, 0.3) is 0 Å². The third kappa shape index (κ3) is 3.47. The molecule has 0 atom stereocenters. The van der Waals surface area contributed by atoms with Crippen molar-refractivity contribution in [2.24, 2.45) is 0 Å². The molecule has 1 fully saturated rings. The van der Waals surface area contributed by atoms with E-state index < -0.39 is 15.8 Å². The molecular weight excluding hydrogens is 281 g/mol. The van der Waals surface area contributed by atoms with Gasteiger partial charge in [0.15, 0.2) is 0 Å². The van der Waals surface area contributed by atoms with E-state index in [1.165, 1.54) is 25.8 Å². The van der Waals surface area contributed by atoms with Crippen molar-refractivity contribution in [1.29, 1.82) is 0 Å². The zero-order valence-electron chi connectivity index (χ0n) is 11.5. The summed E-state index contributed by atoms with van der Waals surface area (Å²) in [7, 11) is -3.64. The summed E-state index contributed by atoms with van der Waals surface area (Å²) in [5.41, 5.74) is 5.55. The number of rotatable bonds is 5. The minimum absolute atomic E-state index is 0.00956. The molecule has 1 saturated heterocycles. The monoisotopic (exact) mass is 301 g/mol. The molecule has 0 aliphatic carbocycles. The largest absolute Gasteiger partial charge is 0.396 e. The maximum absolute atomic E-state index is 13.4. The van der Waals surface area contributed by atoms with E-state index in [-0.39, 0.29) is 16.1 Å². The van der Waals surface area contributed by atoms with E-state index in [1.54, 1.807) is 0 Å². The van der Waals surface area contributed by atoms with Crippen molar-refractivity contribution in [2.75, 3.05) is 31.9 Å². The lowest BCUT2D eigenvalue weighted by Crippen LogP contribution is -2.33. The first-order valence-corrected chi connectivity index (χ1v) is 8.16. The van der Waals surface area contributed by atoms with Gasteiger partial charge in [-0.1, -0.05) is 0 Å². The second-order valence-electron chi connectivity index (χ2n) is 5.09. The molecule has 0 saturated carbocycles. The zero-order chi connectivity index (χ0) is 14.8. The molecule has 0 bridgehead atoms. The predicted molar refractivity (Wildman–Crippen MR) is 76.4 cm³/mol. The van der Waals surface area contributed by atoms with Gasteiger partial charge < -0.3 is 10.6 Å². The van der Waals surface area contributed by atoms with E-state index in [2.05, 4.69) is 9.62 Å². The Labute approximate surface area is 119 Å². The second-order valence-corrected chi connectivity index (χ2v) is 6.86. The van der Waals surface area contributed by atoms with Crippen LogP contribution >= 0.6 is 0 Å². The summed E-state index contributed by atoms with van der Waals surface area (Å²) in [6.07, 6.45) is 2.33. The first kappa shape index (κ1) is 15.2. The molecule has 1 aromatic rings. The topological polar surface area (TPSA) is 75.4 Å². The number of aryl methyl sites for hydroxylation is 1. The molecule has 1 heterocycles. The minimum atomic E-state index is -3.64. The normalized spacial score (nSPS) is 16.7. The van der Waals surface area contributed by atoms with Crippen LogP contribution < -0.4 is 10.5 Å². The Kier molecular flexibility index (Phi) is 4.62. The molecule has 0 unspecified atom stereocenters. The van der Waals surface area contributed by atoms with Crippen molar-refractivity contribution in [3.05, 3.63) is 23.5 Å². The van der Waals surface area contributed by atoms with Gasteiger partial charge in [-0.05, 0) is 50.6 Å². The van der Waals surface area contributed by atoms with E-state index in [0.29, 0.717) is 13.1 Å². The standard InChI is InChI=1S/C13H20FN3O2S/c1-10-8-11(9-12(15)13(10)14)20(18,19)16-4-7-17-5-2-3-6-17/h8-9,16H,2-7,15H2,1H3. The average molecular weight is 301 g/mol. The van der Waals surface area contributed by atoms with Crippen LogP contribution in [-0.2, 0) is 10.0 Å². The van der Waals surface area contributed by atoms with Gasteiger partial charge in [0.1, 0.15) is 5.82 Å². The third-order valence-corrected chi connectivity index (χ3v) is 4.93. The fourth-order valence-electron chi connectivity index (χ4n) is 2.35. The molecule has 0 amide bonds. The SMILES string of the molecule is Cc1cc(S(=O)(=O)NCCN2CCCC2)cc(N)c1F. The number of benzene rings is 1. The lowest BCUT2D eigenvalue weighted by atomic mass is 10.2. The molecule has 0 radical (unpaired) electrons. The van der Waals surface area contributed by atoms with Gasteiger partial charge in [-0.25, -0.2) is 17.5 Å². The molecule has 5 nitrogen and oxygen atoms in total. The fourth-order valence-corrected chi connectivity index (χ4v) is 3.49. The molecule has 7 heteroatoms. The van der Waals surface area contributed by atoms with Crippen LogP contribution in [-0.4, -0.2) is 39.5 Å². The Morgan fingerprint density at radius 1 is 1.35 bits per heavy atom. The highest BCUT2D eigenvalue weighted by Crippen LogP contribution is 2.20. The van der Waals surface area contributed by atoms with Gasteiger partial charge in [0.2, 0.25) is 10.0 Å². The summed E-state index contributed by atoms with van der Waals surface area (Å²) in [5, 5.41) is 0. The van der Waals surface area contributed by atoms with Crippen LogP contribution in [0.1, 0.15) is 18.4 Å². The van der Waals surface area contributed by atoms with Gasteiger partial charge >= 0.3 is 0 Å². The van der Waals surface area contributed by atoms with Gasteiger partial charge in [-0.3, -0.25) is 0 Å². The molecule has 112 valence electrons. The van der Waals surface area contributed by atoms with Crippen LogP contribution in [0.3, 0.4) is 0 Å². The van der Waals surface area contributed by atoms with Gasteiger partial charge in [0.05, 0.1) is 10.6 Å². The van der Waals surface area contributed by atoms with Crippen molar-refractivity contribution < 1.29 is 12.8 Å². The quantitative estimate of drug-likeness (QED) is 0.798. The highest BCUT2D eigenvalue weighted by molar-refractivity contribution is 7.89. The number of anilines is 1. The fraction of sp³-hybridized carbons (Fsp3) is 0.538. The van der Waals surface area contributed by atoms with Crippen LogP contribution in [0, 0.1) is 12.7 Å². The van der Waals surface area contributed by atoms with Gasteiger partial charge in [-0.2, -0.15) is 0 Å². The zero-order valence-corrected chi connectivity index (χ0v) is 12.3. The molecule has 1 aliphatic rings. The van der Waals surface area contributed by atoms with Crippen molar-refractivity contribution in [1.82, 2.24) is 9.62 Å². The third-order valence-electron chi connectivity index (χ3n) is 3.49. The number of hydrogen-bond donors (Lipinski definition) is 2. The van der Waals surface area contributed by atoms with Gasteiger partial charge in [0, 0.05) is 13.1 Å². The molecule has 1 aliphatic heterocycles. The predicted octanol–water partition coefficient (Wildman–Crippen LogP) is 1.09. The summed E-state index contributed by atoms with van der Waals surface area (Å²) in [6.45, 7) is 4.57. The first-order chi connectivity index (χ1) is 9.40. The van der Waals surface area contributed by atoms with Gasteiger partial charge in [-0.15, -0.1) is 0 Å². The number of hydrogen-bond acceptors (Lipinski definition) is 4. The van der Waals surface area contributed by atoms with Crippen LogP contribution in [0.15, 0.2) is 17.0 Å². The number of sulfonamides is 1. The lowest BCUT2D eigenvalue weighted by Gasteiger charge is -2.15.